The Morgan fingerprint density at radius 2 is 2.00 bits per heavy atom. The molecule has 1 aliphatic rings. The highest BCUT2D eigenvalue weighted by Gasteiger charge is 2.24. The lowest BCUT2D eigenvalue weighted by Gasteiger charge is -2.18. The number of aryl methyl sites for hydroxylation is 1. The van der Waals surface area contributed by atoms with Crippen LogP contribution in [0.5, 0.6) is 5.88 Å². The Hall–Kier alpha value is -3.83. The van der Waals surface area contributed by atoms with Crippen LogP contribution in [0.25, 0.3) is 16.8 Å². The lowest BCUT2D eigenvalue weighted by molar-refractivity contribution is 0.0635. The Bertz CT molecular complexity index is 1200. The van der Waals surface area contributed by atoms with Crippen molar-refractivity contribution in [2.45, 2.75) is 51.7 Å². The molecule has 4 heterocycles. The summed E-state index contributed by atoms with van der Waals surface area (Å²) in [5, 5.41) is 20.6. The molecule has 0 saturated carbocycles. The fourth-order valence-electron chi connectivity index (χ4n) is 3.75. The van der Waals surface area contributed by atoms with Crippen LogP contribution in [0.2, 0.25) is 0 Å². The maximum Gasteiger partial charge on any atom is 0.413 e. The van der Waals surface area contributed by atoms with Crippen molar-refractivity contribution < 1.29 is 24.2 Å². The first kappa shape index (κ1) is 23.3. The Morgan fingerprint density at radius 3 is 2.68 bits per heavy atom. The Kier molecular flexibility index (Phi) is 6.31. The molecule has 4 rings (SSSR count). The van der Waals surface area contributed by atoms with Gasteiger partial charge < -0.3 is 19.5 Å². The van der Waals surface area contributed by atoms with Crippen molar-refractivity contribution in [1.82, 2.24) is 29.3 Å². The van der Waals surface area contributed by atoms with Gasteiger partial charge in [-0.05, 0) is 33.6 Å². The maximum atomic E-state index is 12.2. The lowest BCUT2D eigenvalue weighted by atomic mass is 10.1. The molecule has 12 heteroatoms. The molecule has 182 valence electrons. The molecular formula is C22H29N7O5. The summed E-state index contributed by atoms with van der Waals surface area (Å²) in [7, 11) is 1.82. The molecule has 0 unspecified atom stereocenters. The summed E-state index contributed by atoms with van der Waals surface area (Å²) in [5.74, 6) is 0.641. The molecule has 3 aromatic rings. The number of nitrogens with one attached hydrogen (secondary N) is 1. The minimum Gasteiger partial charge on any atom is -0.473 e. The van der Waals surface area contributed by atoms with Crippen LogP contribution in [0.1, 0.15) is 40.0 Å². The molecule has 34 heavy (non-hydrogen) atoms. The standard InChI is InChI=1S/C22H29N7O5/c1-22(2,3)34-20(30)25-18-10-17-19(33-15-6-5-8-28(9-7-15)21(31)32)24-16(13-29(17)26-18)14-11-23-27(4)12-14/h10-13,15H,5-9H2,1-4H3,(H,31,32)(H,25,26,30)/t15-/m1/s1. The first-order valence-electron chi connectivity index (χ1n) is 11.1. The van der Waals surface area contributed by atoms with Crippen molar-refractivity contribution in [2.24, 2.45) is 7.05 Å². The summed E-state index contributed by atoms with van der Waals surface area (Å²) >= 11 is 0. The number of aromatic nitrogens is 5. The SMILES string of the molecule is Cn1cc(-c2cn3nc(NC(=O)OC(C)(C)C)cc3c(O[C@@H]3CCCN(C(=O)O)CC3)n2)cn1. The zero-order valence-corrected chi connectivity index (χ0v) is 19.7. The predicted molar refractivity (Wildman–Crippen MR) is 123 cm³/mol. The van der Waals surface area contributed by atoms with Crippen molar-refractivity contribution >= 4 is 23.5 Å². The van der Waals surface area contributed by atoms with Crippen molar-refractivity contribution in [1.29, 1.82) is 0 Å². The molecule has 0 bridgehead atoms. The second kappa shape index (κ2) is 9.20. The predicted octanol–water partition coefficient (Wildman–Crippen LogP) is 3.39. The van der Waals surface area contributed by atoms with Crippen molar-refractivity contribution in [3.63, 3.8) is 0 Å². The Balaban J connectivity index is 1.64. The van der Waals surface area contributed by atoms with Crippen LogP contribution in [0.15, 0.2) is 24.7 Å². The molecule has 2 N–H and O–H groups in total. The first-order chi connectivity index (χ1) is 16.1. The number of rotatable bonds is 4. The number of likely N-dealkylation sites (tertiary alicyclic amines) is 1. The zero-order chi connectivity index (χ0) is 24.5. The summed E-state index contributed by atoms with van der Waals surface area (Å²) in [5.41, 5.74) is 1.31. The average Bonchev–Trinajstić information content (AvgIpc) is 3.26. The van der Waals surface area contributed by atoms with Gasteiger partial charge in [-0.25, -0.2) is 19.1 Å². The zero-order valence-electron chi connectivity index (χ0n) is 19.7. The molecule has 0 aromatic carbocycles. The largest absolute Gasteiger partial charge is 0.473 e. The van der Waals surface area contributed by atoms with Gasteiger partial charge in [0.25, 0.3) is 0 Å². The van der Waals surface area contributed by atoms with Crippen LogP contribution in [-0.2, 0) is 11.8 Å². The molecule has 12 nitrogen and oxygen atoms in total. The lowest BCUT2D eigenvalue weighted by Crippen LogP contribution is -2.30. The van der Waals surface area contributed by atoms with Crippen LogP contribution in [0.4, 0.5) is 15.4 Å². The van der Waals surface area contributed by atoms with E-state index in [1.54, 1.807) is 48.4 Å². The molecule has 1 aliphatic heterocycles. The third-order valence-corrected chi connectivity index (χ3v) is 5.28. The highest BCUT2D eigenvalue weighted by molar-refractivity contribution is 5.85. The van der Waals surface area contributed by atoms with Gasteiger partial charge in [0.15, 0.2) is 5.82 Å². The molecular weight excluding hydrogens is 442 g/mol. The van der Waals surface area contributed by atoms with E-state index in [9.17, 15) is 14.7 Å². The number of nitrogens with zero attached hydrogens (tertiary/aromatic N) is 6. The first-order valence-corrected chi connectivity index (χ1v) is 11.1. The summed E-state index contributed by atoms with van der Waals surface area (Å²) in [4.78, 5) is 29.7. The third-order valence-electron chi connectivity index (χ3n) is 5.28. The number of ether oxygens (including phenoxy) is 2. The molecule has 0 spiro atoms. The van der Waals surface area contributed by atoms with E-state index in [2.05, 4.69) is 15.5 Å². The van der Waals surface area contributed by atoms with E-state index in [1.807, 2.05) is 13.2 Å². The normalized spacial score (nSPS) is 16.8. The summed E-state index contributed by atoms with van der Waals surface area (Å²) in [6.07, 6.45) is 5.46. The number of fused-ring (bicyclic) bond motifs is 1. The number of amides is 2. The fraction of sp³-hybridized carbons (Fsp3) is 0.500. The van der Waals surface area contributed by atoms with E-state index in [-0.39, 0.29) is 6.10 Å². The average molecular weight is 472 g/mol. The highest BCUT2D eigenvalue weighted by atomic mass is 16.6. The van der Waals surface area contributed by atoms with Crippen LogP contribution < -0.4 is 10.1 Å². The van der Waals surface area contributed by atoms with E-state index < -0.39 is 17.8 Å². The van der Waals surface area contributed by atoms with Gasteiger partial charge in [0.1, 0.15) is 17.2 Å². The van der Waals surface area contributed by atoms with Gasteiger partial charge in [-0.1, -0.05) is 0 Å². The van der Waals surface area contributed by atoms with Crippen LogP contribution in [0.3, 0.4) is 0 Å². The second-order valence-corrected chi connectivity index (χ2v) is 9.26. The monoisotopic (exact) mass is 471 g/mol. The van der Waals surface area contributed by atoms with Gasteiger partial charge in [-0.3, -0.25) is 10.00 Å². The molecule has 1 atom stereocenters. The highest BCUT2D eigenvalue weighted by Crippen LogP contribution is 2.28. The number of hydrogen-bond donors (Lipinski definition) is 2. The molecule has 2 amide bonds. The summed E-state index contributed by atoms with van der Waals surface area (Å²) in [6.45, 7) is 6.22. The van der Waals surface area contributed by atoms with Gasteiger partial charge in [0, 0.05) is 44.4 Å². The van der Waals surface area contributed by atoms with Crippen molar-refractivity contribution in [3.8, 4) is 17.1 Å². The smallest absolute Gasteiger partial charge is 0.413 e. The van der Waals surface area contributed by atoms with E-state index in [1.165, 1.54) is 4.90 Å². The second-order valence-electron chi connectivity index (χ2n) is 9.26. The Labute approximate surface area is 196 Å². The van der Waals surface area contributed by atoms with Gasteiger partial charge in [0.05, 0.1) is 18.1 Å². The molecule has 0 aliphatic carbocycles. The fourth-order valence-corrected chi connectivity index (χ4v) is 3.75. The summed E-state index contributed by atoms with van der Waals surface area (Å²) < 4.78 is 14.9. The number of hydrogen-bond acceptors (Lipinski definition) is 7. The van der Waals surface area contributed by atoms with Gasteiger partial charge >= 0.3 is 12.2 Å². The quantitative estimate of drug-likeness (QED) is 0.591. The molecule has 0 radical (unpaired) electrons. The minimum absolute atomic E-state index is 0.207. The molecule has 3 aromatic heterocycles. The van der Waals surface area contributed by atoms with Gasteiger partial charge in [-0.15, -0.1) is 5.10 Å². The van der Waals surface area contributed by atoms with Crippen LogP contribution in [-0.4, -0.2) is 71.4 Å². The minimum atomic E-state index is -0.923. The number of carboxylic acid groups (broad SMARTS) is 1. The van der Waals surface area contributed by atoms with E-state index in [0.717, 1.165) is 5.56 Å². The third kappa shape index (κ3) is 5.56. The Morgan fingerprint density at radius 1 is 1.21 bits per heavy atom. The van der Waals surface area contributed by atoms with E-state index in [4.69, 9.17) is 14.5 Å². The topological polar surface area (TPSA) is 136 Å². The van der Waals surface area contributed by atoms with Gasteiger partial charge in [0.2, 0.25) is 5.88 Å². The van der Waals surface area contributed by atoms with Crippen LogP contribution >= 0.6 is 0 Å². The van der Waals surface area contributed by atoms with E-state index >= 15 is 0 Å². The maximum absolute atomic E-state index is 12.2. The van der Waals surface area contributed by atoms with Crippen molar-refractivity contribution in [2.75, 3.05) is 18.4 Å². The van der Waals surface area contributed by atoms with Gasteiger partial charge in [-0.2, -0.15) is 5.10 Å². The van der Waals surface area contributed by atoms with Crippen LogP contribution in [0, 0.1) is 0 Å². The van der Waals surface area contributed by atoms with E-state index in [0.29, 0.717) is 55.3 Å². The molecule has 1 saturated heterocycles. The summed E-state index contributed by atoms with van der Waals surface area (Å²) in [6, 6.07) is 1.67. The number of anilines is 1. The van der Waals surface area contributed by atoms with Crippen molar-refractivity contribution in [3.05, 3.63) is 24.7 Å². The number of carbonyl (C=O) groups is 2. The molecule has 1 fully saturated rings. The number of carbonyl (C=O) groups excluding carboxylic acids is 1.